The largest absolute Gasteiger partial charge is 0.481 e. The molecule has 0 aliphatic carbocycles. The first-order valence-corrected chi connectivity index (χ1v) is 6.46. The molecule has 0 aromatic carbocycles. The van der Waals surface area contributed by atoms with Crippen LogP contribution in [-0.2, 0) is 17.8 Å². The summed E-state index contributed by atoms with van der Waals surface area (Å²) in [5.74, 6) is -0.867. The van der Waals surface area contributed by atoms with Crippen LogP contribution in [0.3, 0.4) is 0 Å². The van der Waals surface area contributed by atoms with Gasteiger partial charge < -0.3 is 10.0 Å². The highest BCUT2D eigenvalue weighted by atomic mass is 16.4. The van der Waals surface area contributed by atoms with E-state index in [1.54, 1.807) is 10.9 Å². The van der Waals surface area contributed by atoms with E-state index < -0.39 is 5.97 Å². The molecule has 0 spiro atoms. The topological polar surface area (TPSA) is 71.2 Å². The fraction of sp³-hybridized carbons (Fsp3) is 0.750. The second kappa shape index (κ2) is 5.95. The van der Waals surface area contributed by atoms with E-state index in [4.69, 9.17) is 5.11 Å². The maximum absolute atomic E-state index is 10.5. The van der Waals surface area contributed by atoms with Gasteiger partial charge in [0.15, 0.2) is 0 Å². The van der Waals surface area contributed by atoms with Gasteiger partial charge in [0, 0.05) is 18.8 Å². The second-order valence-corrected chi connectivity index (χ2v) is 4.96. The molecule has 6 nitrogen and oxygen atoms in total. The minimum absolute atomic E-state index is 0.0523. The molecule has 1 aromatic heterocycles. The van der Waals surface area contributed by atoms with E-state index in [2.05, 4.69) is 22.3 Å². The van der Waals surface area contributed by atoms with Crippen LogP contribution in [0.5, 0.6) is 0 Å². The molecule has 1 saturated heterocycles. The molecule has 0 saturated carbocycles. The van der Waals surface area contributed by atoms with Gasteiger partial charge in [0.1, 0.15) is 0 Å². The maximum atomic E-state index is 10.5. The Balaban J connectivity index is 1.82. The zero-order chi connectivity index (χ0) is 13.0. The van der Waals surface area contributed by atoms with Gasteiger partial charge in [-0.2, -0.15) is 0 Å². The van der Waals surface area contributed by atoms with Crippen molar-refractivity contribution in [3.8, 4) is 0 Å². The van der Waals surface area contributed by atoms with Gasteiger partial charge >= 0.3 is 5.97 Å². The number of carboxylic acids is 1. The number of carbonyl (C=O) groups is 1. The zero-order valence-electron chi connectivity index (χ0n) is 10.7. The van der Waals surface area contributed by atoms with Gasteiger partial charge in [0.05, 0.1) is 12.1 Å². The molecule has 6 heteroatoms. The molecule has 0 bridgehead atoms. The SMILES string of the molecule is CN1CCCCC1CCn1cc(CC(=O)O)nn1. The zero-order valence-corrected chi connectivity index (χ0v) is 10.7. The van der Waals surface area contributed by atoms with Crippen LogP contribution in [0.4, 0.5) is 0 Å². The number of aryl methyl sites for hydroxylation is 1. The van der Waals surface area contributed by atoms with Crippen molar-refractivity contribution in [3.63, 3.8) is 0 Å². The summed E-state index contributed by atoms with van der Waals surface area (Å²) in [6.45, 7) is 1.98. The van der Waals surface area contributed by atoms with Crippen LogP contribution < -0.4 is 0 Å². The molecule has 1 aliphatic rings. The van der Waals surface area contributed by atoms with E-state index in [1.165, 1.54) is 25.8 Å². The summed E-state index contributed by atoms with van der Waals surface area (Å²) in [4.78, 5) is 12.9. The normalized spacial score (nSPS) is 21.1. The number of likely N-dealkylation sites (tertiary alicyclic amines) is 1. The maximum Gasteiger partial charge on any atom is 0.309 e. The third-order valence-corrected chi connectivity index (χ3v) is 3.53. The monoisotopic (exact) mass is 252 g/mol. The molecular weight excluding hydrogens is 232 g/mol. The van der Waals surface area contributed by atoms with Crippen LogP contribution in [-0.4, -0.2) is 50.6 Å². The molecule has 1 aliphatic heterocycles. The van der Waals surface area contributed by atoms with Gasteiger partial charge in [-0.25, -0.2) is 0 Å². The Morgan fingerprint density at radius 3 is 3.11 bits per heavy atom. The summed E-state index contributed by atoms with van der Waals surface area (Å²) in [7, 11) is 2.17. The van der Waals surface area contributed by atoms with Crippen molar-refractivity contribution in [1.29, 1.82) is 0 Å². The van der Waals surface area contributed by atoms with Crippen LogP contribution >= 0.6 is 0 Å². The molecule has 18 heavy (non-hydrogen) atoms. The van der Waals surface area contributed by atoms with E-state index in [-0.39, 0.29) is 6.42 Å². The molecule has 100 valence electrons. The van der Waals surface area contributed by atoms with E-state index >= 15 is 0 Å². The van der Waals surface area contributed by atoms with Crippen molar-refractivity contribution in [2.75, 3.05) is 13.6 Å². The number of aliphatic carboxylic acids is 1. The van der Waals surface area contributed by atoms with Gasteiger partial charge in [-0.15, -0.1) is 5.10 Å². The van der Waals surface area contributed by atoms with E-state index in [0.717, 1.165) is 13.0 Å². The molecule has 2 heterocycles. The molecule has 1 aromatic rings. The lowest BCUT2D eigenvalue weighted by atomic mass is 10.0. The fourth-order valence-electron chi connectivity index (χ4n) is 2.47. The quantitative estimate of drug-likeness (QED) is 0.838. The molecule has 1 atom stereocenters. The van der Waals surface area contributed by atoms with Crippen molar-refractivity contribution in [1.82, 2.24) is 19.9 Å². The first-order chi connectivity index (χ1) is 8.65. The average molecular weight is 252 g/mol. The van der Waals surface area contributed by atoms with Gasteiger partial charge in [0.2, 0.25) is 0 Å². The minimum Gasteiger partial charge on any atom is -0.481 e. The Hall–Kier alpha value is -1.43. The van der Waals surface area contributed by atoms with E-state index in [9.17, 15) is 4.79 Å². The van der Waals surface area contributed by atoms with Crippen LogP contribution in [0.25, 0.3) is 0 Å². The number of hydrogen-bond acceptors (Lipinski definition) is 4. The molecule has 1 unspecified atom stereocenters. The Kier molecular flexibility index (Phi) is 4.30. The average Bonchev–Trinajstić information content (AvgIpc) is 2.75. The third-order valence-electron chi connectivity index (χ3n) is 3.53. The van der Waals surface area contributed by atoms with Crippen molar-refractivity contribution in [3.05, 3.63) is 11.9 Å². The molecule has 0 radical (unpaired) electrons. The lowest BCUT2D eigenvalue weighted by molar-refractivity contribution is -0.136. The molecule has 2 rings (SSSR count). The molecule has 1 fully saturated rings. The molecule has 0 amide bonds. The van der Waals surface area contributed by atoms with Gasteiger partial charge in [-0.1, -0.05) is 11.6 Å². The van der Waals surface area contributed by atoms with Crippen LogP contribution in [0, 0.1) is 0 Å². The van der Waals surface area contributed by atoms with Crippen molar-refractivity contribution < 1.29 is 9.90 Å². The van der Waals surface area contributed by atoms with Gasteiger partial charge in [0.25, 0.3) is 0 Å². The summed E-state index contributed by atoms with van der Waals surface area (Å²) in [5.41, 5.74) is 0.527. The summed E-state index contributed by atoms with van der Waals surface area (Å²) in [5, 5.41) is 16.5. The highest BCUT2D eigenvalue weighted by molar-refractivity contribution is 5.69. The number of nitrogens with zero attached hydrogens (tertiary/aromatic N) is 4. The Bertz CT molecular complexity index is 405. The smallest absolute Gasteiger partial charge is 0.309 e. The predicted molar refractivity (Wildman–Crippen MR) is 66.2 cm³/mol. The highest BCUT2D eigenvalue weighted by Crippen LogP contribution is 2.18. The predicted octanol–water partition coefficient (Wildman–Crippen LogP) is 0.780. The van der Waals surface area contributed by atoms with Gasteiger partial charge in [-0.05, 0) is 32.9 Å². The van der Waals surface area contributed by atoms with E-state index in [1.807, 2.05) is 0 Å². The number of carboxylic acid groups (broad SMARTS) is 1. The minimum atomic E-state index is -0.867. The lowest BCUT2D eigenvalue weighted by Crippen LogP contribution is -2.36. The van der Waals surface area contributed by atoms with Crippen molar-refractivity contribution in [2.24, 2.45) is 0 Å². The molecule has 1 N–H and O–H groups in total. The number of piperidine rings is 1. The van der Waals surface area contributed by atoms with Crippen molar-refractivity contribution in [2.45, 2.75) is 44.7 Å². The third kappa shape index (κ3) is 3.53. The summed E-state index contributed by atoms with van der Waals surface area (Å²) in [6, 6.07) is 0.617. The fourth-order valence-corrected chi connectivity index (χ4v) is 2.47. The summed E-state index contributed by atoms with van der Waals surface area (Å²) < 4.78 is 1.75. The summed E-state index contributed by atoms with van der Waals surface area (Å²) in [6.07, 6.45) is 6.57. The molecular formula is C12H20N4O2. The summed E-state index contributed by atoms with van der Waals surface area (Å²) >= 11 is 0. The Labute approximate surface area is 107 Å². The standard InChI is InChI=1S/C12H20N4O2/c1-15-6-3-2-4-11(15)5-7-16-9-10(13-14-16)8-12(17)18/h9,11H,2-8H2,1H3,(H,17,18). The Morgan fingerprint density at radius 1 is 1.56 bits per heavy atom. The first kappa shape index (κ1) is 13.0. The van der Waals surface area contributed by atoms with Crippen molar-refractivity contribution >= 4 is 5.97 Å². The first-order valence-electron chi connectivity index (χ1n) is 6.46. The Morgan fingerprint density at radius 2 is 2.39 bits per heavy atom. The number of aromatic nitrogens is 3. The number of rotatable bonds is 5. The highest BCUT2D eigenvalue weighted by Gasteiger charge is 2.18. The van der Waals surface area contributed by atoms with Gasteiger partial charge in [-0.3, -0.25) is 9.48 Å². The second-order valence-electron chi connectivity index (χ2n) is 4.96. The lowest BCUT2D eigenvalue weighted by Gasteiger charge is -2.32. The number of hydrogen-bond donors (Lipinski definition) is 1. The van der Waals surface area contributed by atoms with Crippen LogP contribution in [0.1, 0.15) is 31.4 Å². The van der Waals surface area contributed by atoms with Crippen LogP contribution in [0.15, 0.2) is 6.20 Å². The van der Waals surface area contributed by atoms with Crippen LogP contribution in [0.2, 0.25) is 0 Å². The van der Waals surface area contributed by atoms with E-state index in [0.29, 0.717) is 11.7 Å².